The van der Waals surface area contributed by atoms with Crippen molar-refractivity contribution in [2.45, 2.75) is 44.9 Å². The minimum absolute atomic E-state index is 0.494. The summed E-state index contributed by atoms with van der Waals surface area (Å²) in [5, 5.41) is 10.4. The Morgan fingerprint density at radius 2 is 2.03 bits per heavy atom. The van der Waals surface area contributed by atoms with E-state index in [9.17, 15) is 0 Å². The average molecular weight is 479 g/mol. The van der Waals surface area contributed by atoms with Gasteiger partial charge in [-0.2, -0.15) is 4.98 Å². The Morgan fingerprint density at radius 1 is 1.24 bits per heavy atom. The van der Waals surface area contributed by atoms with Gasteiger partial charge in [0.2, 0.25) is 5.95 Å². The smallest absolute Gasteiger partial charge is 0.224 e. The first-order valence-electron chi connectivity index (χ1n) is 12.1. The zero-order chi connectivity index (χ0) is 24.1. The van der Waals surface area contributed by atoms with Gasteiger partial charge in [-0.1, -0.05) is 44.0 Å². The number of anilines is 4. The molecular weight excluding hydrogens is 444 g/mol. The van der Waals surface area contributed by atoms with E-state index in [-0.39, 0.29) is 0 Å². The van der Waals surface area contributed by atoms with Crippen LogP contribution in [0.3, 0.4) is 0 Å². The Morgan fingerprint density at radius 3 is 2.79 bits per heavy atom. The van der Waals surface area contributed by atoms with Crippen LogP contribution in [-0.4, -0.2) is 30.6 Å². The summed E-state index contributed by atoms with van der Waals surface area (Å²) in [5.74, 6) is 1.91. The first-order valence-corrected chi connectivity index (χ1v) is 12.5. The minimum Gasteiger partial charge on any atom is -0.392 e. The molecule has 0 saturated heterocycles. The highest BCUT2D eigenvalue weighted by Gasteiger charge is 2.20. The molecule has 1 aliphatic carbocycles. The van der Waals surface area contributed by atoms with Crippen LogP contribution in [0.1, 0.15) is 50.5 Å². The van der Waals surface area contributed by atoms with Gasteiger partial charge < -0.3 is 20.9 Å². The van der Waals surface area contributed by atoms with E-state index in [1.807, 2.05) is 13.1 Å². The summed E-state index contributed by atoms with van der Waals surface area (Å²) in [4.78, 5) is 11.2. The third kappa shape index (κ3) is 5.73. The predicted molar refractivity (Wildman–Crippen MR) is 145 cm³/mol. The van der Waals surface area contributed by atoms with E-state index in [4.69, 9.17) is 11.6 Å². The third-order valence-electron chi connectivity index (χ3n) is 6.82. The second-order valence-corrected chi connectivity index (χ2v) is 9.61. The summed E-state index contributed by atoms with van der Waals surface area (Å²) >= 11 is 6.43. The van der Waals surface area contributed by atoms with Gasteiger partial charge in [0.1, 0.15) is 5.02 Å². The van der Waals surface area contributed by atoms with Gasteiger partial charge in [0.15, 0.2) is 5.82 Å². The van der Waals surface area contributed by atoms with Gasteiger partial charge >= 0.3 is 0 Å². The van der Waals surface area contributed by atoms with E-state index in [1.165, 1.54) is 37.7 Å². The quantitative estimate of drug-likeness (QED) is 0.371. The number of nitrogens with zero attached hydrogens (tertiary/aromatic N) is 3. The van der Waals surface area contributed by atoms with Crippen LogP contribution in [0.2, 0.25) is 5.02 Å². The fraction of sp³-hybridized carbons (Fsp3) is 0.407. The number of aromatic nitrogens is 2. The highest BCUT2D eigenvalue weighted by atomic mass is 35.5. The fourth-order valence-corrected chi connectivity index (χ4v) is 4.75. The van der Waals surface area contributed by atoms with E-state index >= 15 is 0 Å². The van der Waals surface area contributed by atoms with Crippen molar-refractivity contribution in [2.24, 2.45) is 5.92 Å². The molecule has 0 spiro atoms. The van der Waals surface area contributed by atoms with Gasteiger partial charge in [-0.15, -0.1) is 0 Å². The molecule has 180 valence electrons. The maximum atomic E-state index is 6.43. The average Bonchev–Trinajstić information content (AvgIpc) is 2.86. The second-order valence-electron chi connectivity index (χ2n) is 9.20. The minimum atomic E-state index is 0.494. The van der Waals surface area contributed by atoms with Crippen LogP contribution in [0, 0.1) is 5.92 Å². The molecule has 2 aromatic rings. The lowest BCUT2D eigenvalue weighted by Crippen LogP contribution is -2.21. The Hall–Kier alpha value is -2.99. The van der Waals surface area contributed by atoms with E-state index in [1.54, 1.807) is 6.20 Å². The van der Waals surface area contributed by atoms with Gasteiger partial charge in [0.25, 0.3) is 0 Å². The molecule has 0 radical (unpaired) electrons. The molecule has 7 heteroatoms. The van der Waals surface area contributed by atoms with Gasteiger partial charge in [0.05, 0.1) is 6.20 Å². The van der Waals surface area contributed by atoms with Crippen LogP contribution in [0.25, 0.3) is 6.08 Å². The molecule has 3 N–H and O–H groups in total. The number of allylic oxidation sites excluding steroid dienone is 2. The molecule has 0 amide bonds. The molecule has 1 aliphatic heterocycles. The zero-order valence-electron chi connectivity index (χ0n) is 20.3. The molecule has 1 fully saturated rings. The first kappa shape index (κ1) is 24.1. The predicted octanol–water partition coefficient (Wildman–Crippen LogP) is 6.73. The number of nitrogens with one attached hydrogen (secondary N) is 3. The third-order valence-corrected chi connectivity index (χ3v) is 7.10. The van der Waals surface area contributed by atoms with E-state index in [0.717, 1.165) is 47.7 Å². The number of hydrogen-bond acceptors (Lipinski definition) is 6. The summed E-state index contributed by atoms with van der Waals surface area (Å²) in [6.45, 7) is 9.24. The van der Waals surface area contributed by atoms with Crippen LogP contribution < -0.4 is 20.9 Å². The van der Waals surface area contributed by atoms with Crippen LogP contribution in [0.15, 0.2) is 54.5 Å². The highest BCUT2D eigenvalue weighted by Crippen LogP contribution is 2.37. The van der Waals surface area contributed by atoms with Gasteiger partial charge in [-0.05, 0) is 61.4 Å². The zero-order valence-corrected chi connectivity index (χ0v) is 21.0. The molecule has 6 nitrogen and oxygen atoms in total. The largest absolute Gasteiger partial charge is 0.392 e. The molecule has 34 heavy (non-hydrogen) atoms. The highest BCUT2D eigenvalue weighted by molar-refractivity contribution is 6.32. The van der Waals surface area contributed by atoms with Crippen molar-refractivity contribution in [3.8, 4) is 0 Å². The Bertz CT molecular complexity index is 1090. The number of halogens is 1. The number of benzene rings is 1. The molecule has 0 unspecified atom stereocenters. The Balaban J connectivity index is 1.49. The summed E-state index contributed by atoms with van der Waals surface area (Å²) in [6.07, 6.45) is 12.2. The molecular formula is C27H35ClN6. The molecule has 0 bridgehead atoms. The van der Waals surface area contributed by atoms with Crippen LogP contribution in [0.4, 0.5) is 23.1 Å². The summed E-state index contributed by atoms with van der Waals surface area (Å²) in [7, 11) is 3.96. The van der Waals surface area contributed by atoms with Crippen molar-refractivity contribution < 1.29 is 0 Å². The molecule has 2 heterocycles. The molecule has 2 aliphatic rings. The van der Waals surface area contributed by atoms with Crippen LogP contribution >= 0.6 is 11.6 Å². The SMILES string of the molecule is C=C(CCC1=Cc2cc(Nc3nc(NCC4CCCCC4)ncc3Cl)ccc2N(C)C1=C)NC. The summed E-state index contributed by atoms with van der Waals surface area (Å²) < 4.78 is 0. The normalized spacial score (nSPS) is 16.0. The van der Waals surface area contributed by atoms with Crippen molar-refractivity contribution in [3.63, 3.8) is 0 Å². The number of likely N-dealkylation sites (N-methyl/N-ethyl adjacent to an activating group) is 1. The molecule has 4 rings (SSSR count). The molecule has 1 aromatic heterocycles. The molecule has 1 saturated carbocycles. The van der Waals surface area contributed by atoms with Crippen molar-refractivity contribution in [3.05, 3.63) is 65.1 Å². The molecule has 1 aromatic carbocycles. The first-order chi connectivity index (χ1) is 16.4. The maximum absolute atomic E-state index is 6.43. The standard InChI is InChI=1S/C27H35ClN6/c1-18(29-3)10-11-21-14-22-15-23(12-13-25(22)34(4)19(21)2)32-26-24(28)17-31-27(33-26)30-16-20-8-6-5-7-9-20/h12-15,17,20,29H,1-2,5-11,16H2,3-4H3,(H2,30,31,32,33). The number of hydrogen-bond donors (Lipinski definition) is 3. The van der Waals surface area contributed by atoms with Gasteiger partial charge in [-0.3, -0.25) is 0 Å². The second kappa shape index (κ2) is 11.0. The molecule has 0 atom stereocenters. The topological polar surface area (TPSA) is 65.1 Å². The lowest BCUT2D eigenvalue weighted by atomic mass is 9.89. The Kier molecular flexibility index (Phi) is 7.78. The lowest BCUT2D eigenvalue weighted by molar-refractivity contribution is 0.373. The van der Waals surface area contributed by atoms with E-state index < -0.39 is 0 Å². The van der Waals surface area contributed by atoms with Crippen molar-refractivity contribution >= 4 is 40.8 Å². The Labute approximate surface area is 208 Å². The van der Waals surface area contributed by atoms with Crippen molar-refractivity contribution in [2.75, 3.05) is 36.2 Å². The van der Waals surface area contributed by atoms with Crippen LogP contribution in [-0.2, 0) is 0 Å². The maximum Gasteiger partial charge on any atom is 0.224 e. The summed E-state index contributed by atoms with van der Waals surface area (Å²) in [5.41, 5.74) is 6.42. The monoisotopic (exact) mass is 478 g/mol. The number of fused-ring (bicyclic) bond motifs is 1. The van der Waals surface area contributed by atoms with E-state index in [0.29, 0.717) is 22.7 Å². The van der Waals surface area contributed by atoms with Crippen LogP contribution in [0.5, 0.6) is 0 Å². The fourth-order valence-electron chi connectivity index (χ4n) is 4.62. The van der Waals surface area contributed by atoms with Gasteiger partial charge in [-0.25, -0.2) is 4.98 Å². The van der Waals surface area contributed by atoms with E-state index in [2.05, 4.69) is 69.2 Å². The van der Waals surface area contributed by atoms with Gasteiger partial charge in [0, 0.05) is 49.0 Å². The number of rotatable bonds is 9. The van der Waals surface area contributed by atoms with Crippen molar-refractivity contribution in [1.29, 1.82) is 0 Å². The van der Waals surface area contributed by atoms with Crippen molar-refractivity contribution in [1.82, 2.24) is 15.3 Å². The lowest BCUT2D eigenvalue weighted by Gasteiger charge is -2.30. The summed E-state index contributed by atoms with van der Waals surface area (Å²) in [6, 6.07) is 6.26.